The summed E-state index contributed by atoms with van der Waals surface area (Å²) in [6, 6.07) is 4.50. The molecule has 108 valence electrons. The molecule has 0 bridgehead atoms. The number of rotatable bonds is 6. The van der Waals surface area contributed by atoms with Gasteiger partial charge in [0.1, 0.15) is 5.75 Å². The van der Waals surface area contributed by atoms with Gasteiger partial charge in [0.15, 0.2) is 0 Å². The average molecular weight is 297 g/mol. The summed E-state index contributed by atoms with van der Waals surface area (Å²) in [6.07, 6.45) is 2.80. The van der Waals surface area contributed by atoms with Crippen molar-refractivity contribution < 1.29 is 14.7 Å². The van der Waals surface area contributed by atoms with Crippen LogP contribution in [0.5, 0.6) is 5.75 Å². The second-order valence-electron chi connectivity index (χ2n) is 4.88. The lowest BCUT2D eigenvalue weighted by atomic mass is 10.2. The van der Waals surface area contributed by atoms with Gasteiger partial charge in [0.05, 0.1) is 5.69 Å². The van der Waals surface area contributed by atoms with Crippen molar-refractivity contribution in [1.82, 2.24) is 5.32 Å². The van der Waals surface area contributed by atoms with Gasteiger partial charge in [-0.1, -0.05) is 11.6 Å². The molecule has 1 aliphatic carbocycles. The van der Waals surface area contributed by atoms with E-state index in [9.17, 15) is 14.7 Å². The van der Waals surface area contributed by atoms with Gasteiger partial charge in [-0.25, -0.2) is 0 Å². The summed E-state index contributed by atoms with van der Waals surface area (Å²) in [5.74, 6) is 0.00627. The van der Waals surface area contributed by atoms with Crippen LogP contribution in [-0.2, 0) is 9.59 Å². The first kappa shape index (κ1) is 14.7. The maximum Gasteiger partial charge on any atom is 0.224 e. The summed E-state index contributed by atoms with van der Waals surface area (Å²) in [5, 5.41) is 15.4. The van der Waals surface area contributed by atoms with E-state index in [0.717, 1.165) is 12.8 Å². The molecule has 1 aromatic rings. The highest BCUT2D eigenvalue weighted by atomic mass is 35.5. The third kappa shape index (κ3) is 4.42. The van der Waals surface area contributed by atoms with Crippen LogP contribution in [0.2, 0.25) is 5.02 Å². The number of carbonyl (C=O) groups is 2. The molecular weight excluding hydrogens is 280 g/mol. The third-order valence-corrected chi connectivity index (χ3v) is 3.30. The molecule has 0 spiro atoms. The van der Waals surface area contributed by atoms with Crippen LogP contribution in [0, 0.1) is 5.92 Å². The number of nitrogens with one attached hydrogen (secondary N) is 2. The van der Waals surface area contributed by atoms with Gasteiger partial charge in [0.2, 0.25) is 11.8 Å². The molecule has 0 radical (unpaired) electrons. The number of benzene rings is 1. The van der Waals surface area contributed by atoms with Crippen LogP contribution in [0.3, 0.4) is 0 Å². The molecule has 0 aromatic heterocycles. The van der Waals surface area contributed by atoms with Crippen LogP contribution < -0.4 is 10.6 Å². The molecule has 0 unspecified atom stereocenters. The van der Waals surface area contributed by atoms with Crippen molar-refractivity contribution >= 4 is 29.1 Å². The van der Waals surface area contributed by atoms with Gasteiger partial charge < -0.3 is 15.7 Å². The van der Waals surface area contributed by atoms with E-state index in [-0.39, 0.29) is 29.9 Å². The number of aromatic hydroxyl groups is 1. The van der Waals surface area contributed by atoms with E-state index in [1.54, 1.807) is 12.1 Å². The molecule has 1 fully saturated rings. The number of amides is 2. The fourth-order valence-electron chi connectivity index (χ4n) is 1.77. The predicted molar refractivity (Wildman–Crippen MR) is 76.7 cm³/mol. The smallest absolute Gasteiger partial charge is 0.224 e. The molecule has 0 heterocycles. The fraction of sp³-hybridized carbons (Fsp3) is 0.429. The fourth-order valence-corrected chi connectivity index (χ4v) is 1.94. The van der Waals surface area contributed by atoms with Crippen LogP contribution >= 0.6 is 11.6 Å². The number of anilines is 1. The second kappa shape index (κ2) is 6.61. The highest BCUT2D eigenvalue weighted by Crippen LogP contribution is 2.28. The van der Waals surface area contributed by atoms with E-state index in [1.807, 2.05) is 0 Å². The lowest BCUT2D eigenvalue weighted by Gasteiger charge is -2.08. The van der Waals surface area contributed by atoms with Crippen LogP contribution in [0.1, 0.15) is 25.7 Å². The Labute approximate surface area is 122 Å². The summed E-state index contributed by atoms with van der Waals surface area (Å²) in [7, 11) is 0. The highest BCUT2D eigenvalue weighted by molar-refractivity contribution is 6.30. The molecule has 1 saturated carbocycles. The van der Waals surface area contributed by atoms with E-state index in [0.29, 0.717) is 23.7 Å². The number of phenols is 1. The molecular formula is C14H17ClN2O3. The van der Waals surface area contributed by atoms with Crippen LogP contribution in [0.4, 0.5) is 5.69 Å². The Morgan fingerprint density at radius 3 is 2.75 bits per heavy atom. The molecule has 0 aliphatic heterocycles. The van der Waals surface area contributed by atoms with Crippen molar-refractivity contribution in [3.8, 4) is 5.75 Å². The summed E-state index contributed by atoms with van der Waals surface area (Å²) in [5.41, 5.74) is 0.335. The first-order valence-corrected chi connectivity index (χ1v) is 7.00. The Morgan fingerprint density at radius 1 is 1.35 bits per heavy atom. The Kier molecular flexibility index (Phi) is 4.84. The van der Waals surface area contributed by atoms with Gasteiger partial charge in [-0.2, -0.15) is 0 Å². The molecule has 1 aliphatic rings. The Hall–Kier alpha value is -1.75. The zero-order valence-corrected chi connectivity index (χ0v) is 11.7. The highest BCUT2D eigenvalue weighted by Gasteiger charge is 2.28. The first-order valence-electron chi connectivity index (χ1n) is 6.62. The molecule has 2 amide bonds. The molecule has 20 heavy (non-hydrogen) atoms. The molecule has 0 atom stereocenters. The van der Waals surface area contributed by atoms with Crippen molar-refractivity contribution in [3.05, 3.63) is 23.2 Å². The number of carbonyl (C=O) groups excluding carboxylic acids is 2. The number of halogens is 1. The van der Waals surface area contributed by atoms with Gasteiger partial charge in [-0.05, 0) is 31.4 Å². The van der Waals surface area contributed by atoms with Gasteiger partial charge in [-0.15, -0.1) is 0 Å². The minimum absolute atomic E-state index is 0.0621. The predicted octanol–water partition coefficient (Wildman–Crippen LogP) is 2.29. The topological polar surface area (TPSA) is 78.4 Å². The minimum atomic E-state index is -0.205. The van der Waals surface area contributed by atoms with Gasteiger partial charge in [-0.3, -0.25) is 9.59 Å². The van der Waals surface area contributed by atoms with Crippen LogP contribution in [0.25, 0.3) is 0 Å². The molecule has 1 aromatic carbocycles. The molecule has 6 heteroatoms. The maximum absolute atomic E-state index is 11.7. The Morgan fingerprint density at radius 2 is 2.10 bits per heavy atom. The van der Waals surface area contributed by atoms with E-state index < -0.39 is 0 Å². The largest absolute Gasteiger partial charge is 0.506 e. The van der Waals surface area contributed by atoms with E-state index >= 15 is 0 Å². The molecule has 0 saturated heterocycles. The van der Waals surface area contributed by atoms with E-state index in [2.05, 4.69) is 10.6 Å². The van der Waals surface area contributed by atoms with Crippen molar-refractivity contribution in [2.45, 2.75) is 25.7 Å². The first-order chi connectivity index (χ1) is 9.56. The summed E-state index contributed by atoms with van der Waals surface area (Å²) >= 11 is 5.70. The van der Waals surface area contributed by atoms with Gasteiger partial charge in [0, 0.05) is 30.0 Å². The van der Waals surface area contributed by atoms with Gasteiger partial charge in [0.25, 0.3) is 0 Å². The molecule has 2 rings (SSSR count). The number of phenolic OH excluding ortho intramolecular Hbond substituents is 1. The standard InChI is InChI=1S/C14H17ClN2O3/c15-10-5-6-11(12(18)8-10)17-13(19)2-1-7-16-14(20)9-3-4-9/h5-6,8-9,18H,1-4,7H2,(H,16,20)(H,17,19). The van der Waals surface area contributed by atoms with Gasteiger partial charge >= 0.3 is 0 Å². The minimum Gasteiger partial charge on any atom is -0.506 e. The normalized spacial score (nSPS) is 13.8. The zero-order chi connectivity index (χ0) is 14.5. The van der Waals surface area contributed by atoms with Crippen molar-refractivity contribution in [3.63, 3.8) is 0 Å². The number of hydrogen-bond donors (Lipinski definition) is 3. The SMILES string of the molecule is O=C(CCCNC(=O)C1CC1)Nc1ccc(Cl)cc1O. The van der Waals surface area contributed by atoms with Crippen LogP contribution in [-0.4, -0.2) is 23.5 Å². The molecule has 5 nitrogen and oxygen atoms in total. The van der Waals surface area contributed by atoms with E-state index in [4.69, 9.17) is 11.6 Å². The average Bonchev–Trinajstić information content (AvgIpc) is 3.22. The summed E-state index contributed by atoms with van der Waals surface area (Å²) in [6.45, 7) is 0.495. The maximum atomic E-state index is 11.7. The third-order valence-electron chi connectivity index (χ3n) is 3.06. The Bertz CT molecular complexity index is 515. The lowest BCUT2D eigenvalue weighted by Crippen LogP contribution is -2.26. The van der Waals surface area contributed by atoms with Crippen LogP contribution in [0.15, 0.2) is 18.2 Å². The van der Waals surface area contributed by atoms with Crippen molar-refractivity contribution in [1.29, 1.82) is 0 Å². The monoisotopic (exact) mass is 296 g/mol. The summed E-state index contributed by atoms with van der Waals surface area (Å²) in [4.78, 5) is 23.0. The van der Waals surface area contributed by atoms with Crippen molar-refractivity contribution in [2.75, 3.05) is 11.9 Å². The zero-order valence-electron chi connectivity index (χ0n) is 11.0. The number of hydrogen-bond acceptors (Lipinski definition) is 3. The van der Waals surface area contributed by atoms with Crippen molar-refractivity contribution in [2.24, 2.45) is 5.92 Å². The summed E-state index contributed by atoms with van der Waals surface area (Å²) < 4.78 is 0. The Balaban J connectivity index is 1.68. The van der Waals surface area contributed by atoms with E-state index in [1.165, 1.54) is 6.07 Å². The molecule has 3 N–H and O–H groups in total. The second-order valence-corrected chi connectivity index (χ2v) is 5.31. The quantitative estimate of drug-likeness (QED) is 0.557. The lowest BCUT2D eigenvalue weighted by molar-refractivity contribution is -0.122.